The number of aliphatic hydroxyl groups excluding tert-OH is 1. The van der Waals surface area contributed by atoms with E-state index in [0.717, 1.165) is 16.7 Å². The molecule has 1 saturated heterocycles. The lowest BCUT2D eigenvalue weighted by Gasteiger charge is -2.38. The van der Waals surface area contributed by atoms with Gasteiger partial charge < -0.3 is 29.0 Å². The Morgan fingerprint density at radius 1 is 0.744 bits per heavy atom. The Labute approximate surface area is 231 Å². The molecule has 1 aliphatic heterocycles. The van der Waals surface area contributed by atoms with E-state index in [1.807, 2.05) is 97.9 Å². The lowest BCUT2D eigenvalue weighted by Crippen LogP contribution is -2.56. The molecular weight excluding hydrogens is 494 g/mol. The number of carbonyl (C=O) groups is 1. The molecule has 0 aromatic heterocycles. The predicted molar refractivity (Wildman–Crippen MR) is 149 cm³/mol. The molecule has 39 heavy (non-hydrogen) atoms. The highest BCUT2D eigenvalue weighted by molar-refractivity contribution is 5.82. The van der Waals surface area contributed by atoms with Crippen LogP contribution in [0.3, 0.4) is 0 Å². The number of amides is 1. The van der Waals surface area contributed by atoms with E-state index in [2.05, 4.69) is 0 Å². The van der Waals surface area contributed by atoms with Gasteiger partial charge in [0.15, 0.2) is 6.10 Å². The first-order valence-corrected chi connectivity index (χ1v) is 13.7. The number of nitrogens with zero attached hydrogens (tertiary/aromatic N) is 1. The molecule has 0 bridgehead atoms. The number of rotatable bonds is 14. The number of morpholine rings is 1. The van der Waals surface area contributed by atoms with Gasteiger partial charge in [-0.3, -0.25) is 4.79 Å². The first kappa shape index (κ1) is 28.9. The van der Waals surface area contributed by atoms with Crippen LogP contribution in [0, 0.1) is 0 Å². The molecule has 7 nitrogen and oxygen atoms in total. The maximum Gasteiger partial charge on any atom is 0.254 e. The van der Waals surface area contributed by atoms with Gasteiger partial charge in [-0.05, 0) is 23.1 Å². The summed E-state index contributed by atoms with van der Waals surface area (Å²) in [6.07, 6.45) is -3.08. The zero-order valence-electron chi connectivity index (χ0n) is 22.6. The summed E-state index contributed by atoms with van der Waals surface area (Å²) in [5.74, 6) is -0.191. The van der Waals surface area contributed by atoms with E-state index in [1.165, 1.54) is 0 Å². The zero-order chi connectivity index (χ0) is 27.3. The van der Waals surface area contributed by atoms with Crippen molar-refractivity contribution < 1.29 is 28.8 Å². The SMILES string of the molecule is CC[C@@H](O)[C@@H](OCc1ccccc1)[C@H](OCc1ccccc1)[C@@H](OCc1ccccc1)C(=O)N1CCOCC1. The van der Waals surface area contributed by atoms with Gasteiger partial charge in [-0.2, -0.15) is 0 Å². The molecule has 0 saturated carbocycles. The predicted octanol–water partition coefficient (Wildman–Crippen LogP) is 4.37. The Morgan fingerprint density at radius 3 is 1.64 bits per heavy atom. The number of hydrogen-bond donors (Lipinski definition) is 1. The fraction of sp³-hybridized carbons (Fsp3) is 0.406. The van der Waals surface area contributed by atoms with Gasteiger partial charge in [-0.25, -0.2) is 0 Å². The number of ether oxygens (including phenoxy) is 4. The summed E-state index contributed by atoms with van der Waals surface area (Å²) in [4.78, 5) is 15.7. The molecule has 0 spiro atoms. The summed E-state index contributed by atoms with van der Waals surface area (Å²) in [5.41, 5.74) is 2.86. The second-order valence-electron chi connectivity index (χ2n) is 9.65. The standard InChI is InChI=1S/C32H39NO6/c1-2-28(34)29(37-22-25-12-6-3-7-13-25)30(38-23-26-14-8-4-9-15-26)31(32(35)33-18-20-36-21-19-33)39-24-27-16-10-5-11-17-27/h3-17,28-31,34H,2,18-24H2,1H3/t28-,29-,30+,31-/m1/s1. The molecule has 0 aliphatic carbocycles. The van der Waals surface area contributed by atoms with Gasteiger partial charge in [-0.15, -0.1) is 0 Å². The monoisotopic (exact) mass is 533 g/mol. The van der Waals surface area contributed by atoms with E-state index >= 15 is 0 Å². The first-order chi connectivity index (χ1) is 19.2. The second kappa shape index (κ2) is 15.5. The number of benzene rings is 3. The van der Waals surface area contributed by atoms with Gasteiger partial charge in [0.05, 0.1) is 39.1 Å². The van der Waals surface area contributed by atoms with Crippen LogP contribution in [0.15, 0.2) is 91.0 Å². The third kappa shape index (κ3) is 8.71. The van der Waals surface area contributed by atoms with Gasteiger partial charge in [0.1, 0.15) is 12.2 Å². The zero-order valence-corrected chi connectivity index (χ0v) is 22.6. The van der Waals surface area contributed by atoms with Crippen molar-refractivity contribution in [2.75, 3.05) is 26.3 Å². The molecule has 4 rings (SSSR count). The number of hydrogen-bond acceptors (Lipinski definition) is 6. The number of aliphatic hydroxyl groups is 1. The van der Waals surface area contributed by atoms with Gasteiger partial charge >= 0.3 is 0 Å². The van der Waals surface area contributed by atoms with Crippen molar-refractivity contribution in [2.45, 2.75) is 57.6 Å². The molecule has 1 amide bonds. The molecule has 4 atom stereocenters. The molecule has 7 heteroatoms. The van der Waals surface area contributed by atoms with Crippen LogP contribution in [0.1, 0.15) is 30.0 Å². The fourth-order valence-corrected chi connectivity index (χ4v) is 4.58. The summed E-state index contributed by atoms with van der Waals surface area (Å²) in [6, 6.07) is 29.3. The third-order valence-electron chi connectivity index (χ3n) is 6.83. The van der Waals surface area contributed by atoms with Crippen LogP contribution in [-0.2, 0) is 43.6 Å². The molecule has 0 radical (unpaired) electrons. The van der Waals surface area contributed by atoms with Gasteiger partial charge in [0, 0.05) is 13.1 Å². The van der Waals surface area contributed by atoms with Crippen molar-refractivity contribution in [2.24, 2.45) is 0 Å². The summed E-state index contributed by atoms with van der Waals surface area (Å²) in [5, 5.41) is 11.2. The molecule has 3 aromatic carbocycles. The third-order valence-corrected chi connectivity index (χ3v) is 6.83. The highest BCUT2D eigenvalue weighted by Gasteiger charge is 2.42. The summed E-state index contributed by atoms with van der Waals surface area (Å²) in [7, 11) is 0. The Kier molecular flexibility index (Phi) is 11.5. The second-order valence-corrected chi connectivity index (χ2v) is 9.65. The van der Waals surface area contributed by atoms with E-state index in [9.17, 15) is 9.90 Å². The maximum absolute atomic E-state index is 14.0. The van der Waals surface area contributed by atoms with Crippen molar-refractivity contribution in [3.05, 3.63) is 108 Å². The first-order valence-electron chi connectivity index (χ1n) is 13.7. The Hall–Kier alpha value is -3.07. The van der Waals surface area contributed by atoms with Gasteiger partial charge in [0.25, 0.3) is 5.91 Å². The Balaban J connectivity index is 1.64. The maximum atomic E-state index is 14.0. The largest absolute Gasteiger partial charge is 0.390 e. The topological polar surface area (TPSA) is 77.5 Å². The van der Waals surface area contributed by atoms with Crippen LogP contribution in [0.2, 0.25) is 0 Å². The lowest BCUT2D eigenvalue weighted by atomic mass is 9.99. The van der Waals surface area contributed by atoms with Crippen molar-refractivity contribution >= 4 is 5.91 Å². The smallest absolute Gasteiger partial charge is 0.254 e. The summed E-state index contributed by atoms with van der Waals surface area (Å²) >= 11 is 0. The molecule has 1 aliphatic rings. The average Bonchev–Trinajstić information content (AvgIpc) is 3.01. The van der Waals surface area contributed by atoms with E-state index in [1.54, 1.807) is 4.90 Å². The average molecular weight is 534 g/mol. The highest BCUT2D eigenvalue weighted by atomic mass is 16.6. The molecule has 1 N–H and O–H groups in total. The van der Waals surface area contributed by atoms with Crippen LogP contribution >= 0.6 is 0 Å². The van der Waals surface area contributed by atoms with E-state index < -0.39 is 24.4 Å². The van der Waals surface area contributed by atoms with Gasteiger partial charge in [-0.1, -0.05) is 97.9 Å². The van der Waals surface area contributed by atoms with Crippen LogP contribution in [0.5, 0.6) is 0 Å². The minimum atomic E-state index is -0.992. The normalized spacial score (nSPS) is 16.8. The van der Waals surface area contributed by atoms with Crippen LogP contribution in [-0.4, -0.2) is 66.6 Å². The highest BCUT2D eigenvalue weighted by Crippen LogP contribution is 2.24. The quantitative estimate of drug-likeness (QED) is 0.332. The molecule has 1 fully saturated rings. The summed E-state index contributed by atoms with van der Waals surface area (Å²) in [6.45, 7) is 4.51. The van der Waals surface area contributed by atoms with Crippen molar-refractivity contribution in [1.29, 1.82) is 0 Å². The van der Waals surface area contributed by atoms with Gasteiger partial charge in [0.2, 0.25) is 0 Å². The van der Waals surface area contributed by atoms with Crippen molar-refractivity contribution in [3.63, 3.8) is 0 Å². The molecular formula is C32H39NO6. The minimum absolute atomic E-state index is 0.191. The van der Waals surface area contributed by atoms with Crippen LogP contribution in [0.25, 0.3) is 0 Å². The molecule has 0 unspecified atom stereocenters. The fourth-order valence-electron chi connectivity index (χ4n) is 4.58. The Morgan fingerprint density at radius 2 is 1.18 bits per heavy atom. The van der Waals surface area contributed by atoms with E-state index in [0.29, 0.717) is 32.7 Å². The molecule has 208 valence electrons. The van der Waals surface area contributed by atoms with E-state index in [4.69, 9.17) is 18.9 Å². The van der Waals surface area contributed by atoms with Crippen LogP contribution < -0.4 is 0 Å². The van der Waals surface area contributed by atoms with Crippen LogP contribution in [0.4, 0.5) is 0 Å². The van der Waals surface area contributed by atoms with Crippen molar-refractivity contribution in [3.8, 4) is 0 Å². The minimum Gasteiger partial charge on any atom is -0.390 e. The lowest BCUT2D eigenvalue weighted by molar-refractivity contribution is -0.192. The summed E-state index contributed by atoms with van der Waals surface area (Å²) < 4.78 is 24.7. The Bertz CT molecular complexity index is 1090. The molecule has 3 aromatic rings. The molecule has 1 heterocycles. The van der Waals surface area contributed by atoms with E-state index in [-0.39, 0.29) is 25.7 Å². The number of carbonyl (C=O) groups excluding carboxylic acids is 1. The van der Waals surface area contributed by atoms with Crippen molar-refractivity contribution in [1.82, 2.24) is 4.90 Å².